The first-order valence-electron chi connectivity index (χ1n) is 5.36. The molecular weight excluding hydrogens is 254 g/mol. The Morgan fingerprint density at radius 2 is 2.13 bits per heavy atom. The van der Waals surface area contributed by atoms with Gasteiger partial charge < -0.3 is 5.73 Å². The van der Waals surface area contributed by atoms with Gasteiger partial charge in [-0.05, 0) is 53.5 Å². The first-order chi connectivity index (χ1) is 7.31. The molecule has 0 spiro atoms. The van der Waals surface area contributed by atoms with Crippen LogP contribution in [0, 0.1) is 0 Å². The lowest BCUT2D eigenvalue weighted by molar-refractivity contribution is 0.251. The summed E-state index contributed by atoms with van der Waals surface area (Å²) in [5, 5.41) is 0. The summed E-state index contributed by atoms with van der Waals surface area (Å²) >= 11 is 3.45. The van der Waals surface area contributed by atoms with Crippen LogP contribution in [0.3, 0.4) is 0 Å². The van der Waals surface area contributed by atoms with Crippen molar-refractivity contribution in [1.29, 1.82) is 0 Å². The van der Waals surface area contributed by atoms with E-state index in [1.54, 1.807) is 6.20 Å². The molecule has 1 aromatic heterocycles. The molecule has 1 aromatic rings. The summed E-state index contributed by atoms with van der Waals surface area (Å²) in [6, 6.07) is 2.44. The van der Waals surface area contributed by atoms with Crippen LogP contribution in [-0.2, 0) is 0 Å². The van der Waals surface area contributed by atoms with Crippen LogP contribution in [0.2, 0.25) is 0 Å². The summed E-state index contributed by atoms with van der Waals surface area (Å²) in [5.74, 6) is 0. The Kier molecular flexibility index (Phi) is 3.72. The maximum atomic E-state index is 5.85. The van der Waals surface area contributed by atoms with Crippen molar-refractivity contribution in [3.8, 4) is 0 Å². The molecule has 15 heavy (non-hydrogen) atoms. The average molecular weight is 270 g/mol. The summed E-state index contributed by atoms with van der Waals surface area (Å²) in [6.45, 7) is 2.99. The number of rotatable bonds is 3. The van der Waals surface area contributed by atoms with E-state index in [-0.39, 0.29) is 0 Å². The molecule has 1 fully saturated rings. The van der Waals surface area contributed by atoms with Gasteiger partial charge in [0.2, 0.25) is 0 Å². The van der Waals surface area contributed by atoms with Gasteiger partial charge in [0, 0.05) is 29.5 Å². The Morgan fingerprint density at radius 1 is 1.40 bits per heavy atom. The minimum atomic E-state index is 0.331. The van der Waals surface area contributed by atoms with Gasteiger partial charge in [0.15, 0.2) is 0 Å². The zero-order valence-corrected chi connectivity index (χ0v) is 10.3. The quantitative estimate of drug-likeness (QED) is 0.912. The number of hydrogen-bond acceptors (Lipinski definition) is 3. The Bertz CT molecular complexity index is 323. The molecule has 0 radical (unpaired) electrons. The highest BCUT2D eigenvalue weighted by Crippen LogP contribution is 2.25. The standard InChI is InChI=1S/C11H16BrN3/c12-10-5-9(7-14-8-10)11(6-13)15-3-1-2-4-15/h5,7-8,11H,1-4,6,13H2/t11-/m0/s1. The highest BCUT2D eigenvalue weighted by molar-refractivity contribution is 9.10. The van der Waals surface area contributed by atoms with Gasteiger partial charge in [0.1, 0.15) is 0 Å². The summed E-state index contributed by atoms with van der Waals surface area (Å²) in [7, 11) is 0. The zero-order valence-electron chi connectivity index (χ0n) is 8.69. The van der Waals surface area contributed by atoms with Gasteiger partial charge in [0.05, 0.1) is 0 Å². The number of hydrogen-bond donors (Lipinski definition) is 1. The molecule has 2 rings (SSSR count). The molecule has 1 atom stereocenters. The van der Waals surface area contributed by atoms with Crippen LogP contribution in [-0.4, -0.2) is 29.5 Å². The van der Waals surface area contributed by atoms with E-state index >= 15 is 0 Å². The van der Waals surface area contributed by atoms with Crippen molar-refractivity contribution in [2.75, 3.05) is 19.6 Å². The second-order valence-corrected chi connectivity index (χ2v) is 4.85. The molecule has 4 heteroatoms. The third kappa shape index (κ3) is 2.56. The number of likely N-dealkylation sites (tertiary alicyclic amines) is 1. The lowest BCUT2D eigenvalue weighted by Crippen LogP contribution is -2.31. The smallest absolute Gasteiger partial charge is 0.0486 e. The second kappa shape index (κ2) is 5.05. The monoisotopic (exact) mass is 269 g/mol. The van der Waals surface area contributed by atoms with E-state index in [0.29, 0.717) is 12.6 Å². The number of nitrogens with two attached hydrogens (primary N) is 1. The van der Waals surface area contributed by atoms with E-state index in [1.807, 2.05) is 6.20 Å². The Hall–Kier alpha value is -0.450. The van der Waals surface area contributed by atoms with Gasteiger partial charge in [-0.1, -0.05) is 0 Å². The summed E-state index contributed by atoms with van der Waals surface area (Å²) in [5.41, 5.74) is 7.07. The van der Waals surface area contributed by atoms with Crippen LogP contribution in [0.25, 0.3) is 0 Å². The van der Waals surface area contributed by atoms with Gasteiger partial charge in [-0.2, -0.15) is 0 Å². The third-order valence-electron chi connectivity index (χ3n) is 2.92. The molecule has 0 aromatic carbocycles. The minimum Gasteiger partial charge on any atom is -0.329 e. The highest BCUT2D eigenvalue weighted by Gasteiger charge is 2.22. The van der Waals surface area contributed by atoms with Crippen molar-refractivity contribution in [3.05, 3.63) is 28.5 Å². The Balaban J connectivity index is 2.18. The molecule has 3 nitrogen and oxygen atoms in total. The van der Waals surface area contributed by atoms with E-state index in [0.717, 1.165) is 17.6 Å². The molecule has 1 saturated heterocycles. The average Bonchev–Trinajstić information content (AvgIpc) is 2.72. The van der Waals surface area contributed by atoms with E-state index in [2.05, 4.69) is 31.9 Å². The van der Waals surface area contributed by atoms with Gasteiger partial charge in [-0.3, -0.25) is 9.88 Å². The lowest BCUT2D eigenvalue weighted by Gasteiger charge is -2.26. The van der Waals surface area contributed by atoms with Crippen molar-refractivity contribution in [1.82, 2.24) is 9.88 Å². The highest BCUT2D eigenvalue weighted by atomic mass is 79.9. The van der Waals surface area contributed by atoms with Crippen molar-refractivity contribution in [2.24, 2.45) is 5.73 Å². The molecule has 2 N–H and O–H groups in total. The van der Waals surface area contributed by atoms with Crippen molar-refractivity contribution < 1.29 is 0 Å². The molecule has 1 aliphatic rings. The van der Waals surface area contributed by atoms with E-state index in [1.165, 1.54) is 18.4 Å². The summed E-state index contributed by atoms with van der Waals surface area (Å²) < 4.78 is 1.03. The van der Waals surface area contributed by atoms with E-state index in [4.69, 9.17) is 5.73 Å². The van der Waals surface area contributed by atoms with Gasteiger partial charge >= 0.3 is 0 Å². The van der Waals surface area contributed by atoms with Crippen molar-refractivity contribution in [2.45, 2.75) is 18.9 Å². The van der Waals surface area contributed by atoms with Crippen LogP contribution in [0.15, 0.2) is 22.9 Å². The SMILES string of the molecule is NC[C@@H](c1cncc(Br)c1)N1CCCC1. The lowest BCUT2D eigenvalue weighted by atomic mass is 10.1. The van der Waals surface area contributed by atoms with Gasteiger partial charge in [-0.25, -0.2) is 0 Å². The summed E-state index contributed by atoms with van der Waals surface area (Å²) in [4.78, 5) is 6.64. The van der Waals surface area contributed by atoms with Crippen molar-refractivity contribution >= 4 is 15.9 Å². The Labute approximate surface area is 98.8 Å². The fourth-order valence-corrected chi connectivity index (χ4v) is 2.54. The first kappa shape index (κ1) is 11.0. The van der Waals surface area contributed by atoms with Crippen molar-refractivity contribution in [3.63, 3.8) is 0 Å². The van der Waals surface area contributed by atoms with Gasteiger partial charge in [-0.15, -0.1) is 0 Å². The van der Waals surface area contributed by atoms with Crippen LogP contribution in [0.1, 0.15) is 24.4 Å². The van der Waals surface area contributed by atoms with E-state index < -0.39 is 0 Å². The molecular formula is C11H16BrN3. The number of nitrogens with zero attached hydrogens (tertiary/aromatic N) is 2. The zero-order chi connectivity index (χ0) is 10.7. The molecule has 0 bridgehead atoms. The van der Waals surface area contributed by atoms with Crippen LogP contribution < -0.4 is 5.73 Å². The number of aromatic nitrogens is 1. The van der Waals surface area contributed by atoms with Crippen LogP contribution >= 0.6 is 15.9 Å². The molecule has 1 aliphatic heterocycles. The topological polar surface area (TPSA) is 42.1 Å². The third-order valence-corrected chi connectivity index (χ3v) is 3.35. The summed E-state index contributed by atoms with van der Waals surface area (Å²) in [6.07, 6.45) is 6.30. The maximum Gasteiger partial charge on any atom is 0.0486 e. The predicted octanol–water partition coefficient (Wildman–Crippen LogP) is 1.94. The maximum absolute atomic E-state index is 5.85. The fraction of sp³-hybridized carbons (Fsp3) is 0.545. The molecule has 0 unspecified atom stereocenters. The minimum absolute atomic E-state index is 0.331. The molecule has 0 aliphatic carbocycles. The normalized spacial score (nSPS) is 19.3. The van der Waals surface area contributed by atoms with E-state index in [9.17, 15) is 0 Å². The first-order valence-corrected chi connectivity index (χ1v) is 6.15. The number of pyridine rings is 1. The number of halogens is 1. The van der Waals surface area contributed by atoms with Crippen LogP contribution in [0.5, 0.6) is 0 Å². The predicted molar refractivity (Wildman–Crippen MR) is 64.5 cm³/mol. The molecule has 0 amide bonds. The molecule has 0 saturated carbocycles. The molecule has 82 valence electrons. The Morgan fingerprint density at radius 3 is 2.73 bits per heavy atom. The molecule has 2 heterocycles. The fourth-order valence-electron chi connectivity index (χ4n) is 2.16. The van der Waals surface area contributed by atoms with Crippen LogP contribution in [0.4, 0.5) is 0 Å². The van der Waals surface area contributed by atoms with Gasteiger partial charge in [0.25, 0.3) is 0 Å². The second-order valence-electron chi connectivity index (χ2n) is 3.93. The largest absolute Gasteiger partial charge is 0.329 e.